The van der Waals surface area contributed by atoms with Crippen LogP contribution in [0.15, 0.2) is 41.5 Å². The van der Waals surface area contributed by atoms with Crippen molar-refractivity contribution in [3.05, 3.63) is 47.5 Å². The van der Waals surface area contributed by atoms with Crippen LogP contribution in [0.2, 0.25) is 0 Å². The summed E-state index contributed by atoms with van der Waals surface area (Å²) in [5.41, 5.74) is 4.24. The third-order valence-electron chi connectivity index (χ3n) is 3.55. The van der Waals surface area contributed by atoms with Gasteiger partial charge < -0.3 is 19.5 Å². The van der Waals surface area contributed by atoms with E-state index in [4.69, 9.17) is 9.47 Å². The number of carbonyl (C=O) groups excluding carboxylic acids is 1. The summed E-state index contributed by atoms with van der Waals surface area (Å²) in [6.45, 7) is 0. The summed E-state index contributed by atoms with van der Waals surface area (Å²) in [6, 6.07) is 10.2. The molecule has 0 unspecified atom stereocenters. The Hall–Kier alpha value is -3.22. The molecule has 2 aromatic carbocycles. The molecule has 0 aliphatic rings. The maximum Gasteiger partial charge on any atom is 0.271 e. The monoisotopic (exact) mass is 343 g/mol. The van der Waals surface area contributed by atoms with Gasteiger partial charge in [0.1, 0.15) is 17.2 Å². The Kier molecular flexibility index (Phi) is 5.84. The Morgan fingerprint density at radius 1 is 1.16 bits per heavy atom. The van der Waals surface area contributed by atoms with Crippen LogP contribution >= 0.6 is 0 Å². The molecule has 0 heterocycles. The number of anilines is 1. The van der Waals surface area contributed by atoms with Crippen LogP contribution in [-0.4, -0.2) is 45.5 Å². The molecule has 1 amide bonds. The highest BCUT2D eigenvalue weighted by Crippen LogP contribution is 2.31. The topological polar surface area (TPSA) is 83.4 Å². The highest BCUT2D eigenvalue weighted by molar-refractivity contribution is 5.95. The standard InChI is InChI=1S/C18H21N3O4/c1-21(2)13-7-5-12(6-8-13)18(23)20-19-11-15-16(22)9-14(24-3)10-17(15)25-4/h5-11,22H,1-4H3,(H,20,23). The molecule has 7 nitrogen and oxygen atoms in total. The lowest BCUT2D eigenvalue weighted by Crippen LogP contribution is -2.18. The molecular formula is C18H21N3O4. The van der Waals surface area contributed by atoms with Gasteiger partial charge >= 0.3 is 0 Å². The molecule has 0 radical (unpaired) electrons. The predicted octanol–water partition coefficient (Wildman–Crippen LogP) is 2.24. The molecule has 2 rings (SSSR count). The Bertz CT molecular complexity index is 771. The molecule has 0 fully saturated rings. The van der Waals surface area contributed by atoms with Crippen molar-refractivity contribution in [2.24, 2.45) is 5.10 Å². The maximum atomic E-state index is 12.1. The van der Waals surface area contributed by atoms with Crippen LogP contribution < -0.4 is 19.8 Å². The summed E-state index contributed by atoms with van der Waals surface area (Å²) in [6.07, 6.45) is 1.32. The van der Waals surface area contributed by atoms with Crippen molar-refractivity contribution < 1.29 is 19.4 Å². The molecular weight excluding hydrogens is 322 g/mol. The fourth-order valence-corrected chi connectivity index (χ4v) is 2.13. The number of rotatable bonds is 6. The van der Waals surface area contributed by atoms with E-state index in [-0.39, 0.29) is 11.7 Å². The summed E-state index contributed by atoms with van der Waals surface area (Å²) in [7, 11) is 6.81. The molecule has 7 heteroatoms. The fourth-order valence-electron chi connectivity index (χ4n) is 2.13. The molecule has 0 spiro atoms. The number of benzene rings is 2. The lowest BCUT2D eigenvalue weighted by atomic mass is 10.2. The third kappa shape index (κ3) is 4.41. The van der Waals surface area contributed by atoms with E-state index >= 15 is 0 Å². The van der Waals surface area contributed by atoms with Gasteiger partial charge in [0.05, 0.1) is 26.0 Å². The van der Waals surface area contributed by atoms with E-state index in [1.807, 2.05) is 31.1 Å². The number of nitrogens with zero attached hydrogens (tertiary/aromatic N) is 2. The van der Waals surface area contributed by atoms with Crippen molar-refractivity contribution in [2.75, 3.05) is 33.2 Å². The number of nitrogens with one attached hydrogen (secondary N) is 1. The molecule has 0 bridgehead atoms. The number of ether oxygens (including phenoxy) is 2. The second-order valence-electron chi connectivity index (χ2n) is 5.40. The summed E-state index contributed by atoms with van der Waals surface area (Å²) in [4.78, 5) is 14.0. The highest BCUT2D eigenvalue weighted by Gasteiger charge is 2.10. The van der Waals surface area contributed by atoms with Gasteiger partial charge in [-0.3, -0.25) is 4.79 Å². The van der Waals surface area contributed by atoms with Crippen LogP contribution in [0.5, 0.6) is 17.2 Å². The molecule has 0 saturated carbocycles. The van der Waals surface area contributed by atoms with Gasteiger partial charge in [-0.1, -0.05) is 0 Å². The number of hydrazone groups is 1. The van der Waals surface area contributed by atoms with Crippen molar-refractivity contribution >= 4 is 17.8 Å². The van der Waals surface area contributed by atoms with Gasteiger partial charge in [-0.2, -0.15) is 5.10 Å². The van der Waals surface area contributed by atoms with E-state index in [0.717, 1.165) is 5.69 Å². The Morgan fingerprint density at radius 2 is 1.84 bits per heavy atom. The summed E-state index contributed by atoms with van der Waals surface area (Å²) >= 11 is 0. The largest absolute Gasteiger partial charge is 0.507 e. The minimum atomic E-state index is -0.353. The van der Waals surface area contributed by atoms with Gasteiger partial charge in [0, 0.05) is 37.5 Å². The second kappa shape index (κ2) is 8.05. The van der Waals surface area contributed by atoms with Crippen LogP contribution in [0.1, 0.15) is 15.9 Å². The van der Waals surface area contributed by atoms with E-state index in [0.29, 0.717) is 22.6 Å². The predicted molar refractivity (Wildman–Crippen MR) is 97.0 cm³/mol. The molecule has 2 N–H and O–H groups in total. The van der Waals surface area contributed by atoms with Crippen molar-refractivity contribution in [1.29, 1.82) is 0 Å². The number of hydrogen-bond acceptors (Lipinski definition) is 6. The summed E-state index contributed by atoms with van der Waals surface area (Å²) < 4.78 is 10.3. The van der Waals surface area contributed by atoms with Gasteiger partial charge in [0.25, 0.3) is 5.91 Å². The highest BCUT2D eigenvalue weighted by atomic mass is 16.5. The number of phenolic OH excluding ortho intramolecular Hbond substituents is 1. The molecule has 0 atom stereocenters. The Morgan fingerprint density at radius 3 is 2.40 bits per heavy atom. The van der Waals surface area contributed by atoms with E-state index in [2.05, 4.69) is 10.5 Å². The zero-order valence-electron chi connectivity index (χ0n) is 14.6. The van der Waals surface area contributed by atoms with Crippen LogP contribution in [0, 0.1) is 0 Å². The molecule has 0 saturated heterocycles. The maximum absolute atomic E-state index is 12.1. The molecule has 0 aromatic heterocycles. The zero-order valence-corrected chi connectivity index (χ0v) is 14.6. The Labute approximate surface area is 146 Å². The first-order chi connectivity index (χ1) is 12.0. The number of phenols is 1. The normalized spacial score (nSPS) is 10.6. The van der Waals surface area contributed by atoms with Crippen LogP contribution in [0.25, 0.3) is 0 Å². The SMILES string of the molecule is COc1cc(O)c(C=NNC(=O)c2ccc(N(C)C)cc2)c(OC)c1. The second-order valence-corrected chi connectivity index (χ2v) is 5.40. The molecule has 25 heavy (non-hydrogen) atoms. The van der Waals surface area contributed by atoms with Gasteiger partial charge in [0.2, 0.25) is 0 Å². The average molecular weight is 343 g/mol. The first-order valence-corrected chi connectivity index (χ1v) is 7.52. The fraction of sp³-hybridized carbons (Fsp3) is 0.222. The van der Waals surface area contributed by atoms with E-state index in [9.17, 15) is 9.90 Å². The van der Waals surface area contributed by atoms with E-state index in [1.54, 1.807) is 18.2 Å². The quantitative estimate of drug-likeness (QED) is 0.621. The van der Waals surface area contributed by atoms with Crippen molar-refractivity contribution in [1.82, 2.24) is 5.43 Å². The number of methoxy groups -OCH3 is 2. The van der Waals surface area contributed by atoms with Crippen molar-refractivity contribution in [3.63, 3.8) is 0 Å². The third-order valence-corrected chi connectivity index (χ3v) is 3.55. The lowest BCUT2D eigenvalue weighted by molar-refractivity contribution is 0.0955. The number of aromatic hydroxyl groups is 1. The number of amides is 1. The molecule has 0 aliphatic heterocycles. The van der Waals surface area contributed by atoms with E-state index < -0.39 is 0 Å². The van der Waals surface area contributed by atoms with E-state index in [1.165, 1.54) is 26.5 Å². The first kappa shape index (κ1) is 18.1. The lowest BCUT2D eigenvalue weighted by Gasteiger charge is -2.12. The van der Waals surface area contributed by atoms with Crippen LogP contribution in [0.3, 0.4) is 0 Å². The molecule has 0 aliphatic carbocycles. The molecule has 132 valence electrons. The Balaban J connectivity index is 2.11. The summed E-state index contributed by atoms with van der Waals surface area (Å²) in [5.74, 6) is 0.416. The summed E-state index contributed by atoms with van der Waals surface area (Å²) in [5, 5.41) is 13.9. The molecule has 2 aromatic rings. The average Bonchev–Trinajstić information content (AvgIpc) is 2.62. The number of hydrogen-bond donors (Lipinski definition) is 2. The van der Waals surface area contributed by atoms with Gasteiger partial charge in [-0.05, 0) is 24.3 Å². The van der Waals surface area contributed by atoms with Gasteiger partial charge in [-0.25, -0.2) is 5.43 Å². The zero-order chi connectivity index (χ0) is 18.4. The van der Waals surface area contributed by atoms with Gasteiger partial charge in [-0.15, -0.1) is 0 Å². The first-order valence-electron chi connectivity index (χ1n) is 7.52. The van der Waals surface area contributed by atoms with Crippen molar-refractivity contribution in [3.8, 4) is 17.2 Å². The van der Waals surface area contributed by atoms with Crippen LogP contribution in [-0.2, 0) is 0 Å². The van der Waals surface area contributed by atoms with Gasteiger partial charge in [0.15, 0.2) is 0 Å². The number of carbonyl (C=O) groups is 1. The minimum absolute atomic E-state index is 0.0652. The minimum Gasteiger partial charge on any atom is -0.507 e. The smallest absolute Gasteiger partial charge is 0.271 e. The van der Waals surface area contributed by atoms with Crippen molar-refractivity contribution in [2.45, 2.75) is 0 Å². The van der Waals surface area contributed by atoms with Crippen LogP contribution in [0.4, 0.5) is 5.69 Å².